The Kier molecular flexibility index (Phi) is 5.61. The molecule has 2 atom stereocenters. The smallest absolute Gasteiger partial charge is 0.269 e. The molecule has 6 heteroatoms. The molecular formula is C15H20N2O3S. The molecule has 1 aromatic rings. The van der Waals surface area contributed by atoms with Gasteiger partial charge in [-0.05, 0) is 31.1 Å². The predicted molar refractivity (Wildman–Crippen MR) is 84.5 cm³/mol. The van der Waals surface area contributed by atoms with Crippen LogP contribution in [0.5, 0.6) is 0 Å². The maximum atomic E-state index is 12.0. The molecule has 1 aliphatic carbocycles. The van der Waals surface area contributed by atoms with Gasteiger partial charge in [-0.15, -0.1) is 0 Å². The van der Waals surface area contributed by atoms with Crippen molar-refractivity contribution in [3.05, 3.63) is 39.9 Å². The highest BCUT2D eigenvalue weighted by molar-refractivity contribution is 7.99. The maximum absolute atomic E-state index is 12.0. The first-order valence-electron chi connectivity index (χ1n) is 7.14. The van der Waals surface area contributed by atoms with Gasteiger partial charge in [-0.2, -0.15) is 11.8 Å². The normalized spacial score (nSPS) is 21.8. The number of nitro benzene ring substituents is 1. The summed E-state index contributed by atoms with van der Waals surface area (Å²) >= 11 is 1.87. The Morgan fingerprint density at radius 1 is 1.38 bits per heavy atom. The van der Waals surface area contributed by atoms with Gasteiger partial charge in [0, 0.05) is 23.4 Å². The number of non-ortho nitro benzene ring substituents is 1. The lowest BCUT2D eigenvalue weighted by molar-refractivity contribution is -0.384. The summed E-state index contributed by atoms with van der Waals surface area (Å²) in [6, 6.07) is 6.42. The summed E-state index contributed by atoms with van der Waals surface area (Å²) in [6.45, 7) is 0. The average molecular weight is 308 g/mol. The summed E-state index contributed by atoms with van der Waals surface area (Å²) in [6.07, 6.45) is 6.87. The molecule has 21 heavy (non-hydrogen) atoms. The second-order valence-electron chi connectivity index (χ2n) is 5.39. The first-order valence-corrected chi connectivity index (χ1v) is 8.42. The fourth-order valence-electron chi connectivity index (χ4n) is 2.69. The number of hydrogen-bond donors (Lipinski definition) is 1. The van der Waals surface area contributed by atoms with E-state index in [1.54, 1.807) is 12.1 Å². The highest BCUT2D eigenvalue weighted by Gasteiger charge is 2.22. The van der Waals surface area contributed by atoms with Crippen molar-refractivity contribution in [2.45, 2.75) is 43.4 Å². The Labute approximate surface area is 128 Å². The summed E-state index contributed by atoms with van der Waals surface area (Å²) in [7, 11) is 0. The van der Waals surface area contributed by atoms with E-state index in [1.807, 2.05) is 11.8 Å². The van der Waals surface area contributed by atoms with Crippen LogP contribution in [0.2, 0.25) is 0 Å². The fraction of sp³-hybridized carbons (Fsp3) is 0.533. The summed E-state index contributed by atoms with van der Waals surface area (Å²) < 4.78 is 0. The van der Waals surface area contributed by atoms with Gasteiger partial charge in [0.2, 0.25) is 5.91 Å². The van der Waals surface area contributed by atoms with Crippen molar-refractivity contribution in [1.29, 1.82) is 0 Å². The first kappa shape index (κ1) is 15.8. The third-order valence-electron chi connectivity index (χ3n) is 3.84. The van der Waals surface area contributed by atoms with E-state index in [-0.39, 0.29) is 24.1 Å². The molecule has 1 aliphatic rings. The van der Waals surface area contributed by atoms with Crippen molar-refractivity contribution in [2.75, 3.05) is 6.26 Å². The Bertz CT molecular complexity index is 504. The molecule has 1 fully saturated rings. The van der Waals surface area contributed by atoms with Crippen molar-refractivity contribution >= 4 is 23.4 Å². The fourth-order valence-corrected chi connectivity index (χ4v) is 3.52. The second-order valence-corrected chi connectivity index (χ2v) is 6.53. The average Bonchev–Trinajstić information content (AvgIpc) is 2.47. The highest BCUT2D eigenvalue weighted by atomic mass is 32.2. The highest BCUT2D eigenvalue weighted by Crippen LogP contribution is 2.26. The number of amides is 1. The lowest BCUT2D eigenvalue weighted by Crippen LogP contribution is -2.39. The molecule has 0 heterocycles. The SMILES string of the molecule is CS[C@H]1CCC[C@H](NC(=O)Cc2ccc([N+](=O)[O-])cc2)C1. The van der Waals surface area contributed by atoms with Crippen molar-refractivity contribution in [3.8, 4) is 0 Å². The van der Waals surface area contributed by atoms with E-state index in [1.165, 1.54) is 18.6 Å². The van der Waals surface area contributed by atoms with E-state index in [0.29, 0.717) is 5.25 Å². The summed E-state index contributed by atoms with van der Waals surface area (Å²) in [4.78, 5) is 22.2. The van der Waals surface area contributed by atoms with E-state index in [0.717, 1.165) is 24.8 Å². The standard InChI is InChI=1S/C15H20N2O3S/c1-21-14-4-2-3-12(10-14)16-15(18)9-11-5-7-13(8-6-11)17(19)20/h5-8,12,14H,2-4,9-10H2,1H3,(H,16,18)/t12-,14-/m0/s1. The number of benzene rings is 1. The first-order chi connectivity index (χ1) is 10.1. The minimum absolute atomic E-state index is 0.00407. The topological polar surface area (TPSA) is 72.2 Å². The molecule has 0 spiro atoms. The zero-order valence-corrected chi connectivity index (χ0v) is 12.9. The van der Waals surface area contributed by atoms with Gasteiger partial charge < -0.3 is 5.32 Å². The van der Waals surface area contributed by atoms with Gasteiger partial charge in [0.05, 0.1) is 11.3 Å². The number of nitrogens with zero attached hydrogens (tertiary/aromatic N) is 1. The monoisotopic (exact) mass is 308 g/mol. The van der Waals surface area contributed by atoms with Crippen LogP contribution in [0, 0.1) is 10.1 Å². The van der Waals surface area contributed by atoms with Gasteiger partial charge in [0.1, 0.15) is 0 Å². The van der Waals surface area contributed by atoms with Crippen molar-refractivity contribution in [2.24, 2.45) is 0 Å². The van der Waals surface area contributed by atoms with Gasteiger partial charge in [0.15, 0.2) is 0 Å². The largest absolute Gasteiger partial charge is 0.353 e. The number of rotatable bonds is 5. The molecule has 1 aromatic carbocycles. The molecule has 1 saturated carbocycles. The van der Waals surface area contributed by atoms with Crippen LogP contribution in [-0.4, -0.2) is 28.4 Å². The number of hydrogen-bond acceptors (Lipinski definition) is 4. The molecule has 0 aliphatic heterocycles. The van der Waals surface area contributed by atoms with Crippen LogP contribution < -0.4 is 5.32 Å². The molecule has 0 radical (unpaired) electrons. The molecule has 1 N–H and O–H groups in total. The van der Waals surface area contributed by atoms with Crippen molar-refractivity contribution in [3.63, 3.8) is 0 Å². The van der Waals surface area contributed by atoms with Crippen molar-refractivity contribution < 1.29 is 9.72 Å². The number of nitrogens with one attached hydrogen (secondary N) is 1. The maximum Gasteiger partial charge on any atom is 0.269 e. The minimum Gasteiger partial charge on any atom is -0.353 e. The molecule has 0 aromatic heterocycles. The number of nitro groups is 1. The van der Waals surface area contributed by atoms with Crippen LogP contribution in [0.15, 0.2) is 24.3 Å². The molecule has 0 saturated heterocycles. The lowest BCUT2D eigenvalue weighted by atomic mass is 9.94. The van der Waals surface area contributed by atoms with Gasteiger partial charge in [-0.25, -0.2) is 0 Å². The van der Waals surface area contributed by atoms with E-state index >= 15 is 0 Å². The van der Waals surface area contributed by atoms with Crippen LogP contribution in [-0.2, 0) is 11.2 Å². The minimum atomic E-state index is -0.436. The van der Waals surface area contributed by atoms with E-state index in [4.69, 9.17) is 0 Å². The molecule has 0 unspecified atom stereocenters. The van der Waals surface area contributed by atoms with Gasteiger partial charge in [-0.1, -0.05) is 18.6 Å². The van der Waals surface area contributed by atoms with Crippen LogP contribution in [0.4, 0.5) is 5.69 Å². The van der Waals surface area contributed by atoms with Gasteiger partial charge in [-0.3, -0.25) is 14.9 Å². The molecule has 5 nitrogen and oxygen atoms in total. The Morgan fingerprint density at radius 2 is 2.10 bits per heavy atom. The number of carbonyl (C=O) groups excluding carboxylic acids is 1. The molecule has 114 valence electrons. The molecular weight excluding hydrogens is 288 g/mol. The predicted octanol–water partition coefficient (Wildman–Crippen LogP) is 2.93. The summed E-state index contributed by atoms with van der Waals surface area (Å²) in [5, 5.41) is 14.3. The zero-order chi connectivity index (χ0) is 15.2. The summed E-state index contributed by atoms with van der Waals surface area (Å²) in [5.41, 5.74) is 0.851. The van der Waals surface area contributed by atoms with E-state index in [2.05, 4.69) is 11.6 Å². The summed E-state index contributed by atoms with van der Waals surface area (Å²) in [5.74, 6) is -0.00407. The van der Waals surface area contributed by atoms with Crippen LogP contribution >= 0.6 is 11.8 Å². The Morgan fingerprint density at radius 3 is 2.71 bits per heavy atom. The zero-order valence-electron chi connectivity index (χ0n) is 12.1. The van der Waals surface area contributed by atoms with E-state index in [9.17, 15) is 14.9 Å². The third kappa shape index (κ3) is 4.74. The Hall–Kier alpha value is -1.56. The molecule has 0 bridgehead atoms. The van der Waals surface area contributed by atoms with Gasteiger partial charge >= 0.3 is 0 Å². The quantitative estimate of drug-likeness (QED) is 0.670. The third-order valence-corrected chi connectivity index (χ3v) is 4.93. The number of thioether (sulfide) groups is 1. The van der Waals surface area contributed by atoms with Gasteiger partial charge in [0.25, 0.3) is 5.69 Å². The van der Waals surface area contributed by atoms with Crippen LogP contribution in [0.3, 0.4) is 0 Å². The second kappa shape index (κ2) is 7.45. The van der Waals surface area contributed by atoms with E-state index < -0.39 is 4.92 Å². The molecule has 2 rings (SSSR count). The molecule has 1 amide bonds. The van der Waals surface area contributed by atoms with Crippen LogP contribution in [0.25, 0.3) is 0 Å². The lowest BCUT2D eigenvalue weighted by Gasteiger charge is -2.28. The number of carbonyl (C=O) groups is 1. The van der Waals surface area contributed by atoms with Crippen LogP contribution in [0.1, 0.15) is 31.2 Å². The van der Waals surface area contributed by atoms with Crippen molar-refractivity contribution in [1.82, 2.24) is 5.32 Å². The Balaban J connectivity index is 1.85.